The first-order valence-corrected chi connectivity index (χ1v) is 7.71. The molecule has 0 radical (unpaired) electrons. The fourth-order valence-electron chi connectivity index (χ4n) is 3.21. The molecule has 0 bridgehead atoms. The number of amides is 1. The summed E-state index contributed by atoms with van der Waals surface area (Å²) in [6.45, 7) is 6.84. The third-order valence-corrected chi connectivity index (χ3v) is 4.49. The molecule has 3 unspecified atom stereocenters. The van der Waals surface area contributed by atoms with Crippen molar-refractivity contribution in [1.82, 2.24) is 4.90 Å². The second kappa shape index (κ2) is 7.85. The second-order valence-electron chi connectivity index (χ2n) is 5.91. The highest BCUT2D eigenvalue weighted by Crippen LogP contribution is 2.30. The van der Waals surface area contributed by atoms with E-state index in [1.807, 2.05) is 4.90 Å². The summed E-state index contributed by atoms with van der Waals surface area (Å²) in [5.74, 6) is 0.670. The molecule has 0 heterocycles. The zero-order valence-corrected chi connectivity index (χ0v) is 12.6. The van der Waals surface area contributed by atoms with Crippen LogP contribution in [0.3, 0.4) is 0 Å². The Morgan fingerprint density at radius 3 is 2.53 bits per heavy atom. The van der Waals surface area contributed by atoms with E-state index in [4.69, 9.17) is 5.73 Å². The Morgan fingerprint density at radius 2 is 2.00 bits per heavy atom. The van der Waals surface area contributed by atoms with Crippen molar-refractivity contribution in [3.8, 4) is 0 Å². The van der Waals surface area contributed by atoms with Crippen molar-refractivity contribution >= 4 is 5.91 Å². The molecular weight excluding hydrogens is 240 g/mol. The summed E-state index contributed by atoms with van der Waals surface area (Å²) < 4.78 is 0. The van der Waals surface area contributed by atoms with Crippen LogP contribution < -0.4 is 5.73 Å². The van der Waals surface area contributed by atoms with Crippen LogP contribution in [0.2, 0.25) is 0 Å². The molecule has 112 valence electrons. The Bertz CT molecular complexity index is 279. The van der Waals surface area contributed by atoms with Gasteiger partial charge in [-0.2, -0.15) is 0 Å². The largest absolute Gasteiger partial charge is 0.395 e. The van der Waals surface area contributed by atoms with E-state index in [1.54, 1.807) is 0 Å². The molecule has 1 amide bonds. The third kappa shape index (κ3) is 4.18. The van der Waals surface area contributed by atoms with E-state index in [0.717, 1.165) is 32.1 Å². The van der Waals surface area contributed by atoms with E-state index in [9.17, 15) is 9.90 Å². The number of aliphatic hydroxyl groups is 1. The van der Waals surface area contributed by atoms with Crippen molar-refractivity contribution in [3.05, 3.63) is 0 Å². The Balaban J connectivity index is 2.79. The zero-order valence-electron chi connectivity index (χ0n) is 12.6. The van der Waals surface area contributed by atoms with E-state index in [-0.39, 0.29) is 30.5 Å². The van der Waals surface area contributed by atoms with Gasteiger partial charge in [-0.3, -0.25) is 4.79 Å². The molecule has 0 saturated heterocycles. The van der Waals surface area contributed by atoms with Crippen molar-refractivity contribution in [3.63, 3.8) is 0 Å². The average molecular weight is 270 g/mol. The molecule has 0 aromatic heterocycles. The van der Waals surface area contributed by atoms with Crippen molar-refractivity contribution < 1.29 is 9.90 Å². The molecule has 0 spiro atoms. The van der Waals surface area contributed by atoms with Gasteiger partial charge in [0.2, 0.25) is 5.91 Å². The van der Waals surface area contributed by atoms with E-state index >= 15 is 0 Å². The minimum atomic E-state index is -0.0594. The zero-order chi connectivity index (χ0) is 14.4. The molecule has 19 heavy (non-hydrogen) atoms. The highest BCUT2D eigenvalue weighted by molar-refractivity contribution is 5.80. The van der Waals surface area contributed by atoms with Crippen LogP contribution in [0.1, 0.15) is 52.9 Å². The van der Waals surface area contributed by atoms with Crippen LogP contribution in [-0.2, 0) is 4.79 Å². The highest BCUT2D eigenvalue weighted by atomic mass is 16.3. The Morgan fingerprint density at radius 1 is 1.37 bits per heavy atom. The molecule has 1 fully saturated rings. The van der Waals surface area contributed by atoms with Gasteiger partial charge >= 0.3 is 0 Å². The van der Waals surface area contributed by atoms with E-state index < -0.39 is 0 Å². The molecule has 1 rings (SSSR count). The fourth-order valence-corrected chi connectivity index (χ4v) is 3.21. The monoisotopic (exact) mass is 270 g/mol. The van der Waals surface area contributed by atoms with Gasteiger partial charge in [0.25, 0.3) is 0 Å². The fraction of sp³-hybridized carbons (Fsp3) is 0.933. The molecule has 0 aliphatic heterocycles. The Hall–Kier alpha value is -0.610. The minimum Gasteiger partial charge on any atom is -0.395 e. The number of carbonyl (C=O) groups excluding carboxylic acids is 1. The molecule has 0 aromatic rings. The van der Waals surface area contributed by atoms with Crippen molar-refractivity contribution in [2.24, 2.45) is 17.6 Å². The van der Waals surface area contributed by atoms with Crippen molar-refractivity contribution in [2.45, 2.75) is 65.0 Å². The maximum atomic E-state index is 12.7. The first kappa shape index (κ1) is 16.4. The summed E-state index contributed by atoms with van der Waals surface area (Å²) in [6, 6.07) is 0.211. The number of rotatable bonds is 6. The molecule has 3 atom stereocenters. The van der Waals surface area contributed by atoms with Gasteiger partial charge in [-0.15, -0.1) is 0 Å². The lowest BCUT2D eigenvalue weighted by Gasteiger charge is -2.38. The Labute approximate surface area is 117 Å². The topological polar surface area (TPSA) is 66.6 Å². The van der Waals surface area contributed by atoms with Gasteiger partial charge in [0, 0.05) is 18.6 Å². The number of nitrogens with zero attached hydrogens (tertiary/aromatic N) is 1. The molecule has 0 aromatic carbocycles. The summed E-state index contributed by atoms with van der Waals surface area (Å²) in [7, 11) is 0. The summed E-state index contributed by atoms with van der Waals surface area (Å²) in [5.41, 5.74) is 6.15. The quantitative estimate of drug-likeness (QED) is 0.773. The smallest absolute Gasteiger partial charge is 0.227 e. The first-order chi connectivity index (χ1) is 9.04. The van der Waals surface area contributed by atoms with E-state index in [2.05, 4.69) is 20.8 Å². The average Bonchev–Trinajstić information content (AvgIpc) is 2.41. The molecule has 1 aliphatic carbocycles. The molecule has 4 nitrogen and oxygen atoms in total. The number of aliphatic hydroxyl groups excluding tert-OH is 1. The van der Waals surface area contributed by atoms with Gasteiger partial charge in [0.05, 0.1) is 12.5 Å². The summed E-state index contributed by atoms with van der Waals surface area (Å²) in [5, 5.41) is 9.22. The third-order valence-electron chi connectivity index (χ3n) is 4.49. The predicted octanol–water partition coefficient (Wildman–Crippen LogP) is 1.76. The van der Waals surface area contributed by atoms with E-state index in [0.29, 0.717) is 12.5 Å². The first-order valence-electron chi connectivity index (χ1n) is 7.71. The van der Waals surface area contributed by atoms with Crippen LogP contribution in [-0.4, -0.2) is 41.1 Å². The molecule has 1 saturated carbocycles. The lowest BCUT2D eigenvalue weighted by molar-refractivity contribution is -0.141. The SMILES string of the molecule is CCC(CC)N(CCO)C(=O)C1CC(C)CCC1N. The van der Waals surface area contributed by atoms with Crippen LogP contribution in [0.15, 0.2) is 0 Å². The van der Waals surface area contributed by atoms with Gasteiger partial charge in [-0.25, -0.2) is 0 Å². The van der Waals surface area contributed by atoms with Crippen LogP contribution in [0.25, 0.3) is 0 Å². The van der Waals surface area contributed by atoms with Crippen molar-refractivity contribution in [2.75, 3.05) is 13.2 Å². The highest BCUT2D eigenvalue weighted by Gasteiger charge is 2.35. The molecular formula is C15H30N2O2. The van der Waals surface area contributed by atoms with Crippen LogP contribution in [0, 0.1) is 11.8 Å². The number of nitrogens with two attached hydrogens (primary N) is 1. The summed E-state index contributed by atoms with van der Waals surface area (Å²) in [6.07, 6.45) is 4.81. The molecule has 4 heteroatoms. The summed E-state index contributed by atoms with van der Waals surface area (Å²) in [4.78, 5) is 14.6. The molecule has 1 aliphatic rings. The summed E-state index contributed by atoms with van der Waals surface area (Å²) >= 11 is 0. The van der Waals surface area contributed by atoms with Gasteiger partial charge in [-0.1, -0.05) is 20.8 Å². The standard InChI is InChI=1S/C15H30N2O2/c1-4-12(5-2)17(8-9-18)15(19)13-10-11(3)6-7-14(13)16/h11-14,18H,4-10,16H2,1-3H3. The second-order valence-corrected chi connectivity index (χ2v) is 5.91. The maximum Gasteiger partial charge on any atom is 0.227 e. The minimum absolute atomic E-state index is 0.0146. The van der Waals surface area contributed by atoms with Gasteiger partial charge in [-0.05, 0) is 38.0 Å². The normalized spacial score (nSPS) is 27.6. The molecule has 3 N–H and O–H groups in total. The van der Waals surface area contributed by atoms with Crippen LogP contribution in [0.5, 0.6) is 0 Å². The Kier molecular flexibility index (Phi) is 6.80. The number of carbonyl (C=O) groups is 1. The van der Waals surface area contributed by atoms with Crippen LogP contribution in [0.4, 0.5) is 0 Å². The number of hydrogen-bond donors (Lipinski definition) is 2. The lowest BCUT2D eigenvalue weighted by atomic mass is 9.78. The van der Waals surface area contributed by atoms with Crippen LogP contribution >= 0.6 is 0 Å². The van der Waals surface area contributed by atoms with Gasteiger partial charge in [0.1, 0.15) is 0 Å². The number of hydrogen-bond acceptors (Lipinski definition) is 3. The van der Waals surface area contributed by atoms with E-state index in [1.165, 1.54) is 0 Å². The predicted molar refractivity (Wildman–Crippen MR) is 77.6 cm³/mol. The van der Waals surface area contributed by atoms with Crippen molar-refractivity contribution in [1.29, 1.82) is 0 Å². The van der Waals surface area contributed by atoms with Gasteiger partial charge in [0.15, 0.2) is 0 Å². The lowest BCUT2D eigenvalue weighted by Crippen LogP contribution is -2.51. The van der Waals surface area contributed by atoms with Gasteiger partial charge < -0.3 is 15.7 Å². The maximum absolute atomic E-state index is 12.7.